The topological polar surface area (TPSA) is 153 Å². The summed E-state index contributed by atoms with van der Waals surface area (Å²) < 4.78 is 21.0. The lowest BCUT2D eigenvalue weighted by atomic mass is 10.1. The van der Waals surface area contributed by atoms with Crippen molar-refractivity contribution in [1.29, 1.82) is 0 Å². The SMILES string of the molecule is CC(C)COC(=O)CC(N)C(=O)O[C@H]1CO[C@H]2[C@@H]1OC[C@H]2ON([O-])O. The molecular weight excluding hydrogens is 340 g/mol. The molecule has 25 heavy (non-hydrogen) atoms. The largest absolute Gasteiger partial charge is 0.738 e. The van der Waals surface area contributed by atoms with Gasteiger partial charge < -0.3 is 35.1 Å². The van der Waals surface area contributed by atoms with E-state index in [0.717, 1.165) is 0 Å². The van der Waals surface area contributed by atoms with Gasteiger partial charge in [0.2, 0.25) is 0 Å². The Morgan fingerprint density at radius 1 is 1.28 bits per heavy atom. The van der Waals surface area contributed by atoms with Crippen molar-refractivity contribution >= 4 is 11.9 Å². The quantitative estimate of drug-likeness (QED) is 0.407. The maximum atomic E-state index is 12.0. The van der Waals surface area contributed by atoms with E-state index >= 15 is 0 Å². The van der Waals surface area contributed by atoms with Gasteiger partial charge in [-0.2, -0.15) is 0 Å². The molecule has 2 fully saturated rings. The number of rotatable bonds is 8. The van der Waals surface area contributed by atoms with Crippen molar-refractivity contribution in [2.75, 3.05) is 19.8 Å². The standard InChI is InChI=1S/C14H23N2O9/c1-7(2)4-21-11(17)3-8(15)14(18)24-9-5-22-13-10(25-16(19)20)6-23-12(9)13/h7-10,12-13,19H,3-6,15H2,1-2H3/q-1/t8?,9-,10+,12+,13+/m0/s1. The van der Waals surface area contributed by atoms with Crippen LogP contribution in [0.4, 0.5) is 0 Å². The van der Waals surface area contributed by atoms with Crippen LogP contribution in [0.25, 0.3) is 0 Å². The summed E-state index contributed by atoms with van der Waals surface area (Å²) in [6, 6.07) is -1.17. The van der Waals surface area contributed by atoms with Gasteiger partial charge in [0.05, 0.1) is 26.2 Å². The molecule has 2 saturated heterocycles. The van der Waals surface area contributed by atoms with Gasteiger partial charge in [0.1, 0.15) is 24.4 Å². The van der Waals surface area contributed by atoms with Crippen LogP contribution in [0.15, 0.2) is 0 Å². The van der Waals surface area contributed by atoms with Gasteiger partial charge in [0.15, 0.2) is 6.10 Å². The van der Waals surface area contributed by atoms with Gasteiger partial charge in [-0.05, 0) is 5.92 Å². The molecule has 3 N–H and O–H groups in total. The van der Waals surface area contributed by atoms with Crippen LogP contribution in [0, 0.1) is 11.1 Å². The average molecular weight is 363 g/mol. The van der Waals surface area contributed by atoms with Gasteiger partial charge in [-0.25, -0.2) is 0 Å². The predicted molar refractivity (Wildman–Crippen MR) is 79.6 cm³/mol. The highest BCUT2D eigenvalue weighted by Crippen LogP contribution is 2.30. The summed E-state index contributed by atoms with van der Waals surface area (Å²) in [6.07, 6.45) is -3.16. The van der Waals surface area contributed by atoms with E-state index in [2.05, 4.69) is 4.84 Å². The fourth-order valence-corrected chi connectivity index (χ4v) is 2.55. The van der Waals surface area contributed by atoms with Crippen LogP contribution < -0.4 is 5.73 Å². The molecule has 2 heterocycles. The Morgan fingerprint density at radius 2 is 1.88 bits per heavy atom. The highest BCUT2D eigenvalue weighted by molar-refractivity contribution is 5.82. The first-order chi connectivity index (χ1) is 11.8. The summed E-state index contributed by atoms with van der Waals surface area (Å²) in [5.41, 5.74) is 5.67. The summed E-state index contributed by atoms with van der Waals surface area (Å²) in [5.74, 6) is -1.18. The van der Waals surface area contributed by atoms with E-state index in [4.69, 9.17) is 29.9 Å². The van der Waals surface area contributed by atoms with Crippen molar-refractivity contribution in [2.45, 2.75) is 50.7 Å². The number of fused-ring (bicyclic) bond motifs is 1. The molecule has 2 rings (SSSR count). The lowest BCUT2D eigenvalue weighted by Crippen LogP contribution is -2.41. The molecule has 144 valence electrons. The number of nitrogens with zero attached hydrogens (tertiary/aromatic N) is 1. The Balaban J connectivity index is 1.78. The zero-order valence-corrected chi connectivity index (χ0v) is 14.0. The molecule has 11 nitrogen and oxygen atoms in total. The molecule has 5 atom stereocenters. The first-order valence-electron chi connectivity index (χ1n) is 7.95. The second-order valence-corrected chi connectivity index (χ2v) is 6.34. The minimum Gasteiger partial charge on any atom is -0.738 e. The van der Waals surface area contributed by atoms with Gasteiger partial charge in [0.25, 0.3) is 0 Å². The lowest BCUT2D eigenvalue weighted by molar-refractivity contribution is -0.335. The molecule has 0 bridgehead atoms. The smallest absolute Gasteiger partial charge is 0.323 e. The number of carbonyl (C=O) groups is 2. The normalized spacial score (nSPS) is 29.7. The number of esters is 2. The summed E-state index contributed by atoms with van der Waals surface area (Å²) >= 11 is 0. The molecule has 1 unspecified atom stereocenters. The average Bonchev–Trinajstić information content (AvgIpc) is 3.08. The third-order valence-electron chi connectivity index (χ3n) is 3.72. The molecule has 2 aliphatic rings. The molecule has 0 aliphatic carbocycles. The molecule has 0 amide bonds. The van der Waals surface area contributed by atoms with Crippen LogP contribution in [-0.2, 0) is 33.4 Å². The zero-order chi connectivity index (χ0) is 18.6. The minimum atomic E-state index is -1.17. The van der Waals surface area contributed by atoms with E-state index in [1.54, 1.807) is 0 Å². The minimum absolute atomic E-state index is 0.00370. The number of hydrogen-bond donors (Lipinski definition) is 2. The summed E-state index contributed by atoms with van der Waals surface area (Å²) in [4.78, 5) is 28.2. The van der Waals surface area contributed by atoms with Crippen LogP contribution in [0.1, 0.15) is 20.3 Å². The molecule has 0 aromatic rings. The number of ether oxygens (including phenoxy) is 4. The Hall–Kier alpha value is -1.34. The van der Waals surface area contributed by atoms with Crippen molar-refractivity contribution in [2.24, 2.45) is 11.7 Å². The molecule has 11 heteroatoms. The van der Waals surface area contributed by atoms with Crippen molar-refractivity contribution in [3.05, 3.63) is 5.21 Å². The molecule has 0 saturated carbocycles. The van der Waals surface area contributed by atoms with Gasteiger partial charge in [-0.15, -0.1) is 5.39 Å². The van der Waals surface area contributed by atoms with E-state index in [-0.39, 0.29) is 32.2 Å². The van der Waals surface area contributed by atoms with Gasteiger partial charge in [-0.3, -0.25) is 14.4 Å². The third kappa shape index (κ3) is 5.57. The fraction of sp³-hybridized carbons (Fsp3) is 0.857. The van der Waals surface area contributed by atoms with E-state index in [1.807, 2.05) is 13.8 Å². The van der Waals surface area contributed by atoms with Crippen molar-refractivity contribution < 1.29 is 38.6 Å². The van der Waals surface area contributed by atoms with Crippen LogP contribution in [0.2, 0.25) is 0 Å². The first-order valence-corrected chi connectivity index (χ1v) is 7.95. The number of nitrogens with two attached hydrogens (primary N) is 1. The van der Waals surface area contributed by atoms with Crippen molar-refractivity contribution in [3.8, 4) is 0 Å². The predicted octanol–water partition coefficient (Wildman–Crippen LogP) is -0.898. The first kappa shape index (κ1) is 20.0. The Bertz CT molecular complexity index is 473. The van der Waals surface area contributed by atoms with Gasteiger partial charge in [0, 0.05) is 0 Å². The second kappa shape index (κ2) is 8.85. The Kier molecular flexibility index (Phi) is 7.07. The second-order valence-electron chi connectivity index (χ2n) is 6.34. The third-order valence-corrected chi connectivity index (χ3v) is 3.72. The van der Waals surface area contributed by atoms with Crippen molar-refractivity contribution in [3.63, 3.8) is 0 Å². The van der Waals surface area contributed by atoms with E-state index in [0.29, 0.717) is 0 Å². The van der Waals surface area contributed by atoms with Crippen molar-refractivity contribution in [1.82, 2.24) is 5.39 Å². The summed E-state index contributed by atoms with van der Waals surface area (Å²) in [6.45, 7) is 4.04. The molecule has 0 aromatic carbocycles. The summed E-state index contributed by atoms with van der Waals surface area (Å²) in [7, 11) is 0. The van der Waals surface area contributed by atoms with E-state index < -0.39 is 47.8 Å². The van der Waals surface area contributed by atoms with E-state index in [1.165, 1.54) is 0 Å². The number of carbonyl (C=O) groups excluding carboxylic acids is 2. The zero-order valence-electron chi connectivity index (χ0n) is 14.0. The monoisotopic (exact) mass is 363 g/mol. The molecule has 0 radical (unpaired) electrons. The molecule has 2 aliphatic heterocycles. The maximum absolute atomic E-state index is 12.0. The molecule has 0 spiro atoms. The molecular formula is C14H23N2O9-. The van der Waals surface area contributed by atoms with Crippen LogP contribution in [0.5, 0.6) is 0 Å². The van der Waals surface area contributed by atoms with E-state index in [9.17, 15) is 14.8 Å². The maximum Gasteiger partial charge on any atom is 0.323 e. The fourth-order valence-electron chi connectivity index (χ4n) is 2.55. The van der Waals surface area contributed by atoms with Crippen LogP contribution in [-0.4, -0.2) is 72.8 Å². The van der Waals surface area contributed by atoms with Gasteiger partial charge in [-0.1, -0.05) is 13.8 Å². The Labute approximate surface area is 144 Å². The van der Waals surface area contributed by atoms with Crippen LogP contribution >= 0.6 is 0 Å². The lowest BCUT2D eigenvalue weighted by Gasteiger charge is -2.24. The van der Waals surface area contributed by atoms with Crippen LogP contribution in [0.3, 0.4) is 0 Å². The highest BCUT2D eigenvalue weighted by atomic mass is 17.1. The van der Waals surface area contributed by atoms with Gasteiger partial charge >= 0.3 is 11.9 Å². The Morgan fingerprint density at radius 3 is 2.48 bits per heavy atom. The summed E-state index contributed by atoms with van der Waals surface area (Å²) in [5, 5.41) is 18.4. The highest BCUT2D eigenvalue weighted by Gasteiger charge is 2.50. The number of hydrogen-bond acceptors (Lipinski definition) is 11. The molecule has 0 aromatic heterocycles.